The van der Waals surface area contributed by atoms with Gasteiger partial charge in [-0.05, 0) is 64.1 Å². The van der Waals surface area contributed by atoms with Crippen LogP contribution in [0, 0.1) is 0 Å². The van der Waals surface area contributed by atoms with E-state index in [1.807, 2.05) is 0 Å². The fourth-order valence-electron chi connectivity index (χ4n) is 5.69. The van der Waals surface area contributed by atoms with Crippen LogP contribution < -0.4 is 33.7 Å². The van der Waals surface area contributed by atoms with Crippen LogP contribution in [-0.4, -0.2) is 78.0 Å². The number of benzene rings is 2. The average molecular weight is 657 g/mol. The minimum absolute atomic E-state index is 0.0841. The number of methoxy groups -OCH3 is 6. The molecule has 2 aromatic carbocycles. The molecule has 47 heavy (non-hydrogen) atoms. The number of hydrogen-bond acceptors (Lipinski definition) is 11. The number of carbonyl (C=O) groups excluding carboxylic acids is 3. The fraction of sp³-hybridized carbons (Fsp3) is 0.545. The normalized spacial score (nSPS) is 17.1. The van der Waals surface area contributed by atoms with E-state index >= 15 is 0 Å². The molecule has 14 heteroatoms. The van der Waals surface area contributed by atoms with Crippen LogP contribution in [0.15, 0.2) is 17.2 Å². The van der Waals surface area contributed by atoms with Crippen LogP contribution >= 0.6 is 0 Å². The summed E-state index contributed by atoms with van der Waals surface area (Å²) >= 11 is 0. The predicted octanol–water partition coefficient (Wildman–Crippen LogP) is 6.04. The Balaban J connectivity index is 0.000000261. The molecule has 2 atom stereocenters. The Bertz CT molecular complexity index is 1530. The van der Waals surface area contributed by atoms with E-state index in [-0.39, 0.29) is 36.5 Å². The minimum atomic E-state index is -0.592. The molecule has 0 aromatic heterocycles. The van der Waals surface area contributed by atoms with Gasteiger partial charge in [0.05, 0.1) is 42.7 Å². The first-order valence-electron chi connectivity index (χ1n) is 15.1. The largest absolute Gasteiger partial charge is 0.493 e. The van der Waals surface area contributed by atoms with Gasteiger partial charge in [-0.1, -0.05) is 5.11 Å². The minimum Gasteiger partial charge on any atom is -0.493 e. The van der Waals surface area contributed by atoms with Crippen molar-refractivity contribution in [3.05, 3.63) is 44.8 Å². The zero-order chi connectivity index (χ0) is 34.9. The second-order valence-electron chi connectivity index (χ2n) is 11.9. The van der Waals surface area contributed by atoms with E-state index in [0.29, 0.717) is 71.3 Å². The molecule has 2 aliphatic rings. The van der Waals surface area contributed by atoms with Gasteiger partial charge < -0.3 is 38.5 Å². The summed E-state index contributed by atoms with van der Waals surface area (Å²) in [4.78, 5) is 40.0. The molecule has 14 nitrogen and oxygen atoms in total. The van der Waals surface area contributed by atoms with E-state index < -0.39 is 11.7 Å². The van der Waals surface area contributed by atoms with Gasteiger partial charge in [0.15, 0.2) is 34.6 Å². The monoisotopic (exact) mass is 656 g/mol. The lowest BCUT2D eigenvalue weighted by atomic mass is 9.99. The van der Waals surface area contributed by atoms with Crippen LogP contribution in [0.3, 0.4) is 0 Å². The van der Waals surface area contributed by atoms with Gasteiger partial charge in [-0.25, -0.2) is 4.79 Å². The number of hydrogen-bond donors (Lipinski definition) is 1. The van der Waals surface area contributed by atoms with Crippen LogP contribution in [0.25, 0.3) is 10.4 Å². The lowest BCUT2D eigenvalue weighted by Gasteiger charge is -2.22. The zero-order valence-corrected chi connectivity index (χ0v) is 28.5. The lowest BCUT2D eigenvalue weighted by molar-refractivity contribution is 0.0500. The lowest BCUT2D eigenvalue weighted by Crippen LogP contribution is -2.39. The Kier molecular flexibility index (Phi) is 12.6. The van der Waals surface area contributed by atoms with Crippen molar-refractivity contribution in [3.63, 3.8) is 0 Å². The van der Waals surface area contributed by atoms with Crippen LogP contribution in [0.1, 0.15) is 78.3 Å². The SMILES string of the molecule is COc1cc2c(c(OC)c1OC)CCC(N=[N+]=[N-])CC2=O.COc1cc2c(c(OC)c1OC)CCC(NC(=O)OC(C)(C)C)CC2=O. The Labute approximate surface area is 274 Å². The molecule has 0 fully saturated rings. The highest BCUT2D eigenvalue weighted by Gasteiger charge is 2.31. The number of nitrogens with one attached hydrogen (secondary N) is 1. The van der Waals surface area contributed by atoms with E-state index in [1.165, 1.54) is 42.7 Å². The molecule has 0 saturated heterocycles. The van der Waals surface area contributed by atoms with E-state index in [0.717, 1.165) is 11.1 Å². The molecule has 2 aliphatic carbocycles. The highest BCUT2D eigenvalue weighted by atomic mass is 16.6. The summed E-state index contributed by atoms with van der Waals surface area (Å²) in [6.07, 6.45) is 2.17. The number of rotatable bonds is 8. The van der Waals surface area contributed by atoms with Gasteiger partial charge in [0, 0.05) is 52.1 Å². The maximum absolute atomic E-state index is 12.8. The van der Waals surface area contributed by atoms with Crippen molar-refractivity contribution in [3.8, 4) is 34.5 Å². The smallest absolute Gasteiger partial charge is 0.407 e. The molecule has 0 spiro atoms. The molecule has 1 amide bonds. The van der Waals surface area contributed by atoms with E-state index in [4.69, 9.17) is 38.7 Å². The summed E-state index contributed by atoms with van der Waals surface area (Å²) in [5.41, 5.74) is 10.6. The molecule has 2 aromatic rings. The van der Waals surface area contributed by atoms with Crippen molar-refractivity contribution in [1.82, 2.24) is 5.32 Å². The Hall–Kier alpha value is -4.84. The number of azide groups is 1. The molecule has 0 saturated carbocycles. The van der Waals surface area contributed by atoms with Gasteiger partial charge in [-0.2, -0.15) is 0 Å². The van der Waals surface area contributed by atoms with Crippen molar-refractivity contribution in [1.29, 1.82) is 0 Å². The van der Waals surface area contributed by atoms with Crippen molar-refractivity contribution < 1.29 is 47.5 Å². The number of nitrogens with zero attached hydrogens (tertiary/aromatic N) is 3. The Morgan fingerprint density at radius 3 is 1.66 bits per heavy atom. The highest BCUT2D eigenvalue weighted by Crippen LogP contribution is 2.45. The number of alkyl carbamates (subject to hydrolysis) is 1. The van der Waals surface area contributed by atoms with Crippen molar-refractivity contribution in [2.75, 3.05) is 42.7 Å². The third-order valence-corrected chi connectivity index (χ3v) is 7.73. The molecular formula is C33H44N4O10. The third-order valence-electron chi connectivity index (χ3n) is 7.73. The summed E-state index contributed by atoms with van der Waals surface area (Å²) in [7, 11) is 9.12. The van der Waals surface area contributed by atoms with E-state index in [2.05, 4.69) is 15.3 Å². The number of ether oxygens (including phenoxy) is 7. The molecular weight excluding hydrogens is 612 g/mol. The van der Waals surface area contributed by atoms with Gasteiger partial charge in [-0.3, -0.25) is 9.59 Å². The number of carbonyl (C=O) groups is 3. The van der Waals surface area contributed by atoms with Gasteiger partial charge >= 0.3 is 6.09 Å². The summed E-state index contributed by atoms with van der Waals surface area (Å²) in [5.74, 6) is 2.64. The summed E-state index contributed by atoms with van der Waals surface area (Å²) in [6.45, 7) is 5.39. The quantitative estimate of drug-likeness (QED) is 0.153. The second kappa shape index (κ2) is 16.1. The second-order valence-corrected chi connectivity index (χ2v) is 11.9. The van der Waals surface area contributed by atoms with Crippen LogP contribution in [-0.2, 0) is 17.6 Å². The van der Waals surface area contributed by atoms with Crippen LogP contribution in [0.2, 0.25) is 0 Å². The third kappa shape index (κ3) is 8.70. The molecule has 2 unspecified atom stereocenters. The van der Waals surface area contributed by atoms with Gasteiger partial charge in [-0.15, -0.1) is 0 Å². The van der Waals surface area contributed by atoms with Crippen LogP contribution in [0.5, 0.6) is 34.5 Å². The van der Waals surface area contributed by atoms with E-state index in [9.17, 15) is 14.4 Å². The summed E-state index contributed by atoms with van der Waals surface area (Å²) in [6, 6.07) is 2.69. The topological polar surface area (TPSA) is 177 Å². The maximum atomic E-state index is 12.8. The number of fused-ring (bicyclic) bond motifs is 2. The average Bonchev–Trinajstić information content (AvgIpc) is 3.28. The molecule has 0 heterocycles. The number of amides is 1. The Morgan fingerprint density at radius 2 is 1.23 bits per heavy atom. The highest BCUT2D eigenvalue weighted by molar-refractivity contribution is 6.00. The van der Waals surface area contributed by atoms with Crippen LogP contribution in [0.4, 0.5) is 4.79 Å². The zero-order valence-electron chi connectivity index (χ0n) is 28.5. The molecule has 256 valence electrons. The standard InChI is InChI=1S/C19H27NO6.C14H17N3O4/c1-19(2,3)26-18(22)20-11-7-8-12-13(14(21)9-11)10-15(23-4)17(25-6)16(12)24-5;1-19-12-7-10-9(13(20-2)14(12)21-3)5-4-8(16-17-15)6-11(10)18/h10-11H,7-9H2,1-6H3,(H,20,22);7-8H,4-6H2,1-3H3. The molecule has 1 N–H and O–H groups in total. The summed E-state index contributed by atoms with van der Waals surface area (Å²) in [5, 5.41) is 6.46. The molecule has 0 bridgehead atoms. The fourth-order valence-corrected chi connectivity index (χ4v) is 5.69. The van der Waals surface area contributed by atoms with Gasteiger partial charge in [0.1, 0.15) is 5.60 Å². The summed E-state index contributed by atoms with van der Waals surface area (Å²) < 4.78 is 37.5. The van der Waals surface area contributed by atoms with E-state index in [1.54, 1.807) is 32.9 Å². The van der Waals surface area contributed by atoms with Crippen molar-refractivity contribution in [2.24, 2.45) is 5.11 Å². The first kappa shape index (κ1) is 36.6. The number of ketones is 2. The molecule has 0 radical (unpaired) electrons. The Morgan fingerprint density at radius 1 is 0.766 bits per heavy atom. The molecule has 0 aliphatic heterocycles. The van der Waals surface area contributed by atoms with Gasteiger partial charge in [0.25, 0.3) is 0 Å². The molecule has 4 rings (SSSR count). The predicted molar refractivity (Wildman–Crippen MR) is 173 cm³/mol. The first-order chi connectivity index (χ1) is 22.4. The van der Waals surface area contributed by atoms with Crippen molar-refractivity contribution >= 4 is 17.7 Å². The van der Waals surface area contributed by atoms with Gasteiger partial charge in [0.2, 0.25) is 11.5 Å². The maximum Gasteiger partial charge on any atom is 0.407 e. The van der Waals surface area contributed by atoms with Crippen molar-refractivity contribution in [2.45, 2.75) is 77.0 Å². The first-order valence-corrected chi connectivity index (χ1v) is 15.1. The number of Topliss-reactive ketones (excluding diaryl/α,β-unsaturated/α-hetero) is 2.